The molecule has 2 heterocycles. The lowest BCUT2D eigenvalue weighted by atomic mass is 9.97. The van der Waals surface area contributed by atoms with Crippen LogP contribution in [0.25, 0.3) is 11.2 Å². The molecule has 0 spiro atoms. The van der Waals surface area contributed by atoms with Crippen LogP contribution in [0.1, 0.15) is 43.2 Å². The van der Waals surface area contributed by atoms with Gasteiger partial charge in [0.25, 0.3) is 5.56 Å². The molecular weight excluding hydrogens is 466 g/mol. The van der Waals surface area contributed by atoms with Gasteiger partial charge in [-0.2, -0.15) is 0 Å². The number of carbonyl (C=O) groups is 1. The number of imidazole rings is 1. The maximum Gasteiger partial charge on any atom is 0.333 e. The van der Waals surface area contributed by atoms with Crippen molar-refractivity contribution < 1.29 is 4.79 Å². The number of fused-ring (bicyclic) bond motifs is 1. The van der Waals surface area contributed by atoms with Gasteiger partial charge in [-0.05, 0) is 43.2 Å². The largest absolute Gasteiger partial charge is 0.354 e. The smallest absolute Gasteiger partial charge is 0.333 e. The van der Waals surface area contributed by atoms with E-state index in [4.69, 9.17) is 0 Å². The molecule has 37 heavy (non-hydrogen) atoms. The molecule has 8 heteroatoms. The normalized spacial score (nSPS) is 13.5. The number of hydrogen-bond acceptors (Lipinski definition) is 4. The van der Waals surface area contributed by atoms with Crippen molar-refractivity contribution in [2.24, 2.45) is 0 Å². The topological polar surface area (TPSA) is 90.9 Å². The first kappa shape index (κ1) is 24.5. The van der Waals surface area contributed by atoms with E-state index in [0.29, 0.717) is 24.3 Å². The van der Waals surface area contributed by atoms with Gasteiger partial charge in [0.15, 0.2) is 11.2 Å². The fourth-order valence-electron chi connectivity index (χ4n) is 4.88. The van der Waals surface area contributed by atoms with Gasteiger partial charge in [0.2, 0.25) is 5.91 Å². The molecule has 190 valence electrons. The summed E-state index contributed by atoms with van der Waals surface area (Å²) in [4.78, 5) is 44.4. The molecule has 0 fully saturated rings. The quantitative estimate of drug-likeness (QED) is 0.359. The van der Waals surface area contributed by atoms with E-state index < -0.39 is 11.2 Å². The second kappa shape index (κ2) is 11.2. The Hall–Kier alpha value is -4.20. The Balaban J connectivity index is 1.47. The number of allylic oxidation sites excluding steroid dienone is 1. The first-order valence-corrected chi connectivity index (χ1v) is 12.8. The lowest BCUT2D eigenvalue weighted by molar-refractivity contribution is -0.121. The van der Waals surface area contributed by atoms with Crippen LogP contribution in [0.15, 0.2) is 88.2 Å². The third-order valence-electron chi connectivity index (χ3n) is 6.82. The Morgan fingerprint density at radius 2 is 1.59 bits per heavy atom. The van der Waals surface area contributed by atoms with Gasteiger partial charge < -0.3 is 9.88 Å². The van der Waals surface area contributed by atoms with E-state index in [1.54, 1.807) is 10.9 Å². The molecule has 1 amide bonds. The van der Waals surface area contributed by atoms with Crippen LogP contribution in [0.4, 0.5) is 0 Å². The fourth-order valence-corrected chi connectivity index (χ4v) is 4.88. The van der Waals surface area contributed by atoms with E-state index in [2.05, 4.69) is 16.4 Å². The fraction of sp³-hybridized carbons (Fsp3) is 0.310. The van der Waals surface area contributed by atoms with Crippen molar-refractivity contribution in [1.82, 2.24) is 24.0 Å². The zero-order chi connectivity index (χ0) is 25.6. The van der Waals surface area contributed by atoms with Gasteiger partial charge in [-0.25, -0.2) is 14.3 Å². The molecule has 5 rings (SSSR count). The van der Waals surface area contributed by atoms with Gasteiger partial charge in [0.1, 0.15) is 6.54 Å². The van der Waals surface area contributed by atoms with Crippen LogP contribution in [-0.2, 0) is 24.4 Å². The van der Waals surface area contributed by atoms with Crippen LogP contribution < -0.4 is 16.6 Å². The summed E-state index contributed by atoms with van der Waals surface area (Å²) >= 11 is 0. The summed E-state index contributed by atoms with van der Waals surface area (Å²) in [6.45, 7) is 0.829. The van der Waals surface area contributed by atoms with E-state index in [1.807, 2.05) is 60.7 Å². The average molecular weight is 498 g/mol. The highest BCUT2D eigenvalue weighted by molar-refractivity contribution is 5.76. The Labute approximate surface area is 214 Å². The molecule has 1 aliphatic carbocycles. The Morgan fingerprint density at radius 1 is 0.892 bits per heavy atom. The van der Waals surface area contributed by atoms with Gasteiger partial charge in [-0.15, -0.1) is 0 Å². The van der Waals surface area contributed by atoms with Gasteiger partial charge in [0, 0.05) is 13.1 Å². The maximum absolute atomic E-state index is 13.6. The summed E-state index contributed by atoms with van der Waals surface area (Å²) < 4.78 is 4.26. The SMILES string of the molecule is O=C(Cn1c(=O)c2c(ncn2Cc2ccccc2)n(Cc2ccccc2)c1=O)NCCC1=CCCCC1. The van der Waals surface area contributed by atoms with Crippen LogP contribution in [0.5, 0.6) is 0 Å². The lowest BCUT2D eigenvalue weighted by Crippen LogP contribution is -2.44. The molecule has 0 atom stereocenters. The standard InChI is InChI=1S/C29H31N5O3/c35-25(30-17-16-22-10-4-1-5-11-22)20-34-28(36)26-27(31-21-32(26)18-23-12-6-2-7-13-23)33(29(34)37)19-24-14-8-3-9-15-24/h2-3,6-10,12-15,21H,1,4-5,11,16-20H2,(H,30,35). The molecule has 0 saturated carbocycles. The molecule has 4 aromatic rings. The Kier molecular flexibility index (Phi) is 7.44. The first-order valence-electron chi connectivity index (χ1n) is 12.8. The summed E-state index contributed by atoms with van der Waals surface area (Å²) in [6, 6.07) is 19.3. The molecule has 8 nitrogen and oxygen atoms in total. The number of carbonyl (C=O) groups excluding carboxylic acids is 1. The van der Waals surface area contributed by atoms with E-state index in [0.717, 1.165) is 35.0 Å². The van der Waals surface area contributed by atoms with E-state index in [1.165, 1.54) is 23.0 Å². The van der Waals surface area contributed by atoms with Crippen LogP contribution >= 0.6 is 0 Å². The molecule has 0 saturated heterocycles. The van der Waals surface area contributed by atoms with Gasteiger partial charge in [-0.1, -0.05) is 72.3 Å². The second-order valence-corrected chi connectivity index (χ2v) is 9.48. The van der Waals surface area contributed by atoms with E-state index in [-0.39, 0.29) is 19.0 Å². The highest BCUT2D eigenvalue weighted by Gasteiger charge is 2.20. The third kappa shape index (κ3) is 5.63. The Morgan fingerprint density at radius 3 is 2.27 bits per heavy atom. The molecule has 0 aliphatic heterocycles. The van der Waals surface area contributed by atoms with E-state index in [9.17, 15) is 14.4 Å². The molecule has 2 aromatic carbocycles. The molecule has 1 aliphatic rings. The molecule has 0 bridgehead atoms. The lowest BCUT2D eigenvalue weighted by Gasteiger charge is -2.14. The van der Waals surface area contributed by atoms with Crippen molar-refractivity contribution >= 4 is 17.1 Å². The number of nitrogens with zero attached hydrogens (tertiary/aromatic N) is 4. The minimum absolute atomic E-state index is 0.245. The number of rotatable bonds is 9. The van der Waals surface area contributed by atoms with E-state index >= 15 is 0 Å². The minimum Gasteiger partial charge on any atom is -0.354 e. The van der Waals surface area contributed by atoms with Gasteiger partial charge >= 0.3 is 5.69 Å². The first-order chi connectivity index (χ1) is 18.1. The van der Waals surface area contributed by atoms with Crippen LogP contribution in [0, 0.1) is 0 Å². The van der Waals surface area contributed by atoms with Crippen LogP contribution in [0.2, 0.25) is 0 Å². The van der Waals surface area contributed by atoms with Crippen LogP contribution in [0.3, 0.4) is 0 Å². The van der Waals surface area contributed by atoms with Gasteiger partial charge in [-0.3, -0.25) is 14.2 Å². The number of amides is 1. The average Bonchev–Trinajstić information content (AvgIpc) is 3.34. The second-order valence-electron chi connectivity index (χ2n) is 9.48. The monoisotopic (exact) mass is 497 g/mol. The van der Waals surface area contributed by atoms with Crippen molar-refractivity contribution in [3.63, 3.8) is 0 Å². The van der Waals surface area contributed by atoms with Crippen LogP contribution in [-0.4, -0.2) is 31.1 Å². The van der Waals surface area contributed by atoms with Crippen molar-refractivity contribution in [3.05, 3.63) is 111 Å². The number of nitrogens with one attached hydrogen (secondary N) is 1. The van der Waals surface area contributed by atoms with Crippen molar-refractivity contribution in [2.45, 2.75) is 51.7 Å². The van der Waals surface area contributed by atoms with Crippen molar-refractivity contribution in [3.8, 4) is 0 Å². The predicted molar refractivity (Wildman–Crippen MR) is 144 cm³/mol. The van der Waals surface area contributed by atoms with Gasteiger partial charge in [0.05, 0.1) is 12.9 Å². The number of aromatic nitrogens is 4. The molecule has 1 N–H and O–H groups in total. The Bertz CT molecular complexity index is 1530. The number of hydrogen-bond donors (Lipinski definition) is 1. The maximum atomic E-state index is 13.6. The summed E-state index contributed by atoms with van der Waals surface area (Å²) in [7, 11) is 0. The summed E-state index contributed by atoms with van der Waals surface area (Å²) in [6.07, 6.45) is 9.20. The zero-order valence-corrected chi connectivity index (χ0v) is 20.8. The summed E-state index contributed by atoms with van der Waals surface area (Å²) in [5.74, 6) is -0.352. The molecular formula is C29H31N5O3. The molecule has 0 radical (unpaired) electrons. The predicted octanol–water partition coefficient (Wildman–Crippen LogP) is 3.46. The highest BCUT2D eigenvalue weighted by Crippen LogP contribution is 2.19. The van der Waals surface area contributed by atoms with Crippen molar-refractivity contribution in [1.29, 1.82) is 0 Å². The summed E-state index contributed by atoms with van der Waals surface area (Å²) in [5, 5.41) is 2.89. The number of benzene rings is 2. The van der Waals surface area contributed by atoms with Crippen molar-refractivity contribution in [2.75, 3.05) is 6.54 Å². The zero-order valence-electron chi connectivity index (χ0n) is 20.8. The molecule has 0 unspecified atom stereocenters. The third-order valence-corrected chi connectivity index (χ3v) is 6.82. The summed E-state index contributed by atoms with van der Waals surface area (Å²) in [5.41, 5.74) is 2.83. The highest BCUT2D eigenvalue weighted by atomic mass is 16.2. The minimum atomic E-state index is -0.545. The molecule has 2 aromatic heterocycles.